The van der Waals surface area contributed by atoms with Crippen molar-refractivity contribution in [2.45, 2.75) is 38.3 Å². The highest BCUT2D eigenvalue weighted by atomic mass is 15.4. The Kier molecular flexibility index (Phi) is 3.66. The molecule has 0 spiro atoms. The lowest BCUT2D eigenvalue weighted by molar-refractivity contribution is 0.195. The zero-order valence-corrected chi connectivity index (χ0v) is 15.3. The number of fused-ring (bicyclic) bond motifs is 1. The van der Waals surface area contributed by atoms with Crippen LogP contribution in [0, 0.1) is 6.92 Å². The summed E-state index contributed by atoms with van der Waals surface area (Å²) in [5.41, 5.74) is 2.06. The summed E-state index contributed by atoms with van der Waals surface area (Å²) in [7, 11) is 2.19. The van der Waals surface area contributed by atoms with E-state index < -0.39 is 0 Å². The molecule has 5 rings (SSSR count). The topological polar surface area (TPSA) is 67.4 Å². The van der Waals surface area contributed by atoms with Gasteiger partial charge in [0.1, 0.15) is 5.82 Å². The van der Waals surface area contributed by atoms with E-state index in [0.29, 0.717) is 12.0 Å². The monoisotopic (exact) mass is 352 g/mol. The van der Waals surface area contributed by atoms with Crippen LogP contribution in [0.1, 0.15) is 30.1 Å². The number of hydrogen-bond donors (Lipinski definition) is 0. The van der Waals surface area contributed by atoms with Gasteiger partial charge >= 0.3 is 0 Å². The van der Waals surface area contributed by atoms with Gasteiger partial charge in [0.25, 0.3) is 0 Å². The van der Waals surface area contributed by atoms with Gasteiger partial charge in [-0.25, -0.2) is 0 Å². The van der Waals surface area contributed by atoms with E-state index >= 15 is 0 Å². The molecule has 136 valence electrons. The number of anilines is 1. The lowest BCUT2D eigenvalue weighted by Crippen LogP contribution is -2.59. The molecule has 8 heteroatoms. The van der Waals surface area contributed by atoms with Crippen LogP contribution >= 0.6 is 0 Å². The van der Waals surface area contributed by atoms with Gasteiger partial charge in [-0.15, -0.1) is 15.3 Å². The maximum Gasteiger partial charge on any atom is 0.178 e. The molecule has 26 heavy (non-hydrogen) atoms. The Balaban J connectivity index is 1.20. The largest absolute Gasteiger partial charge is 0.352 e. The van der Waals surface area contributed by atoms with Crippen molar-refractivity contribution in [2.75, 3.05) is 31.6 Å². The number of hydrogen-bond acceptors (Lipinski definition) is 6. The van der Waals surface area contributed by atoms with E-state index in [0.717, 1.165) is 43.5 Å². The van der Waals surface area contributed by atoms with Crippen LogP contribution in [0.15, 0.2) is 24.5 Å². The van der Waals surface area contributed by atoms with Gasteiger partial charge in [-0.2, -0.15) is 9.61 Å². The van der Waals surface area contributed by atoms with E-state index in [-0.39, 0.29) is 0 Å². The standard InChI is InChI=1S/C18H24N8/c1-13-9-19-25(10-13)8-7-23(2)15-11-24(12-15)17-6-5-16-20-21-18(14-3-4-14)26(16)22-17/h5-6,9-10,14-15H,3-4,7-8,11-12H2,1-2H3. The third-order valence-electron chi connectivity index (χ3n) is 5.47. The number of rotatable bonds is 6. The summed E-state index contributed by atoms with van der Waals surface area (Å²) in [6.07, 6.45) is 6.42. The van der Waals surface area contributed by atoms with E-state index in [1.807, 2.05) is 21.5 Å². The summed E-state index contributed by atoms with van der Waals surface area (Å²) in [6, 6.07) is 4.65. The zero-order chi connectivity index (χ0) is 17.7. The van der Waals surface area contributed by atoms with Crippen molar-refractivity contribution in [3.05, 3.63) is 35.9 Å². The Labute approximate surface area is 152 Å². The van der Waals surface area contributed by atoms with Crippen LogP contribution in [0.5, 0.6) is 0 Å². The number of nitrogens with zero attached hydrogens (tertiary/aromatic N) is 8. The van der Waals surface area contributed by atoms with Gasteiger partial charge in [-0.3, -0.25) is 9.58 Å². The van der Waals surface area contributed by atoms with E-state index in [9.17, 15) is 0 Å². The Hall–Kier alpha value is -2.48. The van der Waals surface area contributed by atoms with Gasteiger partial charge in [-0.05, 0) is 44.5 Å². The molecule has 8 nitrogen and oxygen atoms in total. The van der Waals surface area contributed by atoms with Crippen LogP contribution in [-0.4, -0.2) is 67.2 Å². The van der Waals surface area contributed by atoms with Gasteiger partial charge in [0, 0.05) is 37.8 Å². The Bertz CT molecular complexity index is 918. The van der Waals surface area contributed by atoms with Crippen molar-refractivity contribution in [1.29, 1.82) is 0 Å². The zero-order valence-electron chi connectivity index (χ0n) is 15.3. The maximum absolute atomic E-state index is 4.79. The fourth-order valence-corrected chi connectivity index (χ4v) is 3.51. The molecule has 0 N–H and O–H groups in total. The number of aromatic nitrogens is 6. The lowest BCUT2D eigenvalue weighted by atomic mass is 10.1. The van der Waals surface area contributed by atoms with Crippen LogP contribution in [0.4, 0.5) is 5.82 Å². The first-order valence-electron chi connectivity index (χ1n) is 9.34. The highest BCUT2D eigenvalue weighted by Gasteiger charge is 2.32. The molecular formula is C18H24N8. The van der Waals surface area contributed by atoms with E-state index in [2.05, 4.69) is 51.3 Å². The smallest absolute Gasteiger partial charge is 0.178 e. The van der Waals surface area contributed by atoms with Crippen LogP contribution in [0.25, 0.3) is 5.65 Å². The number of likely N-dealkylation sites (N-methyl/N-ethyl adjacent to an activating group) is 1. The fraction of sp³-hybridized carbons (Fsp3) is 0.556. The van der Waals surface area contributed by atoms with Crippen LogP contribution < -0.4 is 4.90 Å². The summed E-state index contributed by atoms with van der Waals surface area (Å²) in [4.78, 5) is 4.75. The number of aryl methyl sites for hydroxylation is 1. The van der Waals surface area contributed by atoms with Gasteiger partial charge < -0.3 is 4.90 Å². The predicted octanol–water partition coefficient (Wildman–Crippen LogP) is 1.33. The highest BCUT2D eigenvalue weighted by molar-refractivity contribution is 5.48. The molecule has 0 unspecified atom stereocenters. The molecule has 0 radical (unpaired) electrons. The minimum atomic E-state index is 0.550. The van der Waals surface area contributed by atoms with E-state index in [1.54, 1.807) is 0 Å². The van der Waals surface area contributed by atoms with Crippen molar-refractivity contribution >= 4 is 11.5 Å². The summed E-state index contributed by atoms with van der Waals surface area (Å²) in [6.45, 7) is 6.02. The molecule has 0 bridgehead atoms. The molecule has 4 heterocycles. The van der Waals surface area contributed by atoms with Gasteiger partial charge in [-0.1, -0.05) is 0 Å². The summed E-state index contributed by atoms with van der Waals surface area (Å²) < 4.78 is 3.95. The van der Waals surface area contributed by atoms with Gasteiger partial charge in [0.15, 0.2) is 11.5 Å². The average Bonchev–Trinajstić information content (AvgIpc) is 3.21. The quantitative estimate of drug-likeness (QED) is 0.667. The first-order chi connectivity index (χ1) is 12.7. The molecule has 1 saturated heterocycles. The van der Waals surface area contributed by atoms with E-state index in [4.69, 9.17) is 5.10 Å². The van der Waals surface area contributed by atoms with Gasteiger partial charge in [0.05, 0.1) is 12.7 Å². The predicted molar refractivity (Wildman–Crippen MR) is 98.4 cm³/mol. The average molecular weight is 352 g/mol. The maximum atomic E-state index is 4.79. The molecule has 3 aromatic rings. The van der Waals surface area contributed by atoms with Crippen molar-refractivity contribution in [1.82, 2.24) is 34.5 Å². The van der Waals surface area contributed by atoms with Crippen molar-refractivity contribution in [3.8, 4) is 0 Å². The molecule has 0 amide bonds. The molecule has 1 aliphatic heterocycles. The fourth-order valence-electron chi connectivity index (χ4n) is 3.51. The Morgan fingerprint density at radius 2 is 2.04 bits per heavy atom. The van der Waals surface area contributed by atoms with Crippen molar-refractivity contribution in [3.63, 3.8) is 0 Å². The molecule has 0 atom stereocenters. The second kappa shape index (κ2) is 6.05. The third kappa shape index (κ3) is 2.84. The SMILES string of the molecule is Cc1cnn(CCN(C)C2CN(c3ccc4nnc(C5CC5)n4n3)C2)c1. The first-order valence-corrected chi connectivity index (χ1v) is 9.34. The highest BCUT2D eigenvalue weighted by Crippen LogP contribution is 2.38. The van der Waals surface area contributed by atoms with Gasteiger partial charge in [0.2, 0.25) is 0 Å². The summed E-state index contributed by atoms with van der Waals surface area (Å²) >= 11 is 0. The summed E-state index contributed by atoms with van der Waals surface area (Å²) in [5, 5.41) is 17.7. The van der Waals surface area contributed by atoms with Crippen LogP contribution in [0.2, 0.25) is 0 Å². The molecule has 0 aromatic carbocycles. The second-order valence-electron chi connectivity index (χ2n) is 7.61. The molecule has 3 aromatic heterocycles. The van der Waals surface area contributed by atoms with E-state index in [1.165, 1.54) is 18.4 Å². The molecule has 2 aliphatic rings. The molecule has 1 saturated carbocycles. The Morgan fingerprint density at radius 1 is 1.19 bits per heavy atom. The first kappa shape index (κ1) is 15.7. The normalized spacial score (nSPS) is 18.0. The van der Waals surface area contributed by atoms with Crippen LogP contribution in [-0.2, 0) is 6.54 Å². The van der Waals surface area contributed by atoms with Crippen molar-refractivity contribution < 1.29 is 0 Å². The van der Waals surface area contributed by atoms with Crippen LogP contribution in [0.3, 0.4) is 0 Å². The summed E-state index contributed by atoms with van der Waals surface area (Å²) in [5.74, 6) is 2.59. The second-order valence-corrected chi connectivity index (χ2v) is 7.61. The third-order valence-corrected chi connectivity index (χ3v) is 5.47. The molecule has 1 aliphatic carbocycles. The minimum absolute atomic E-state index is 0.550. The van der Waals surface area contributed by atoms with Crippen molar-refractivity contribution in [2.24, 2.45) is 0 Å². The lowest BCUT2D eigenvalue weighted by Gasteiger charge is -2.44. The minimum Gasteiger partial charge on any atom is -0.352 e. The Morgan fingerprint density at radius 3 is 2.77 bits per heavy atom. The molecule has 2 fully saturated rings. The molecular weight excluding hydrogens is 328 g/mol.